The van der Waals surface area contributed by atoms with E-state index in [2.05, 4.69) is 0 Å². The first-order valence-electron chi connectivity index (χ1n) is 5.81. The third kappa shape index (κ3) is 10.5. The second-order valence-corrected chi connectivity index (χ2v) is 6.71. The zero-order valence-corrected chi connectivity index (χ0v) is 13.2. The monoisotopic (exact) mass is 315 g/mol. The van der Waals surface area contributed by atoms with Crippen molar-refractivity contribution in [1.82, 2.24) is 4.90 Å². The van der Waals surface area contributed by atoms with Crippen molar-refractivity contribution in [3.05, 3.63) is 0 Å². The molecule has 0 radical (unpaired) electrons. The van der Waals surface area contributed by atoms with Crippen LogP contribution in [-0.4, -0.2) is 67.9 Å². The van der Waals surface area contributed by atoms with E-state index in [1.165, 1.54) is 14.0 Å². The van der Waals surface area contributed by atoms with Crippen LogP contribution < -0.4 is 0 Å². The number of likely N-dealkylation sites (N-methyl/N-ethyl adjacent to an activating group) is 1. The molecule has 0 aromatic heterocycles. The summed E-state index contributed by atoms with van der Waals surface area (Å²) in [4.78, 5) is 12.5. The Labute approximate surface area is 118 Å². The van der Waals surface area contributed by atoms with Gasteiger partial charge in [-0.2, -0.15) is 0 Å². The molecule has 0 bridgehead atoms. The Bertz CT molecular complexity index is 304. The number of hydrogen-bond acceptors (Lipinski definition) is 8. The molecule has 0 rings (SSSR count). The Morgan fingerprint density at radius 3 is 2.47 bits per heavy atom. The number of carbonyl (C=O) groups is 1. The van der Waals surface area contributed by atoms with E-state index in [0.717, 1.165) is 11.8 Å². The quantitative estimate of drug-likeness (QED) is 0.446. The summed E-state index contributed by atoms with van der Waals surface area (Å²) in [6, 6.07) is 0. The second-order valence-electron chi connectivity index (χ2n) is 3.66. The van der Waals surface area contributed by atoms with Gasteiger partial charge in [0.2, 0.25) is 0 Å². The van der Waals surface area contributed by atoms with Crippen LogP contribution in [0.4, 0.5) is 0 Å². The predicted octanol–water partition coefficient (Wildman–Crippen LogP) is 0.978. The largest absolute Gasteiger partial charge is 0.474 e. The number of nitrogens with zero attached hydrogens (tertiary/aromatic N) is 1. The maximum Gasteiger partial charge on any atom is 0.474 e. The summed E-state index contributed by atoms with van der Waals surface area (Å²) in [5.41, 5.74) is 0. The van der Waals surface area contributed by atoms with Crippen LogP contribution in [0.1, 0.15) is 6.92 Å². The molecule has 0 saturated heterocycles. The Morgan fingerprint density at radius 2 is 1.95 bits per heavy atom. The van der Waals surface area contributed by atoms with E-state index in [1.807, 2.05) is 11.9 Å². The van der Waals surface area contributed by atoms with Crippen molar-refractivity contribution < 1.29 is 28.0 Å². The van der Waals surface area contributed by atoms with E-state index in [1.54, 1.807) is 0 Å². The molecule has 1 N–H and O–H groups in total. The van der Waals surface area contributed by atoms with E-state index < -0.39 is 7.82 Å². The van der Waals surface area contributed by atoms with Crippen molar-refractivity contribution in [1.29, 1.82) is 0 Å². The van der Waals surface area contributed by atoms with Gasteiger partial charge in [0.1, 0.15) is 0 Å². The van der Waals surface area contributed by atoms with Gasteiger partial charge in [-0.15, -0.1) is 0 Å². The number of phosphoric ester groups is 1. The molecule has 9 heteroatoms. The second kappa shape index (κ2) is 10.8. The van der Waals surface area contributed by atoms with Gasteiger partial charge in [-0.1, -0.05) is 11.8 Å². The van der Waals surface area contributed by atoms with Crippen molar-refractivity contribution in [2.24, 2.45) is 0 Å². The van der Waals surface area contributed by atoms with Gasteiger partial charge in [0.15, 0.2) is 5.12 Å². The summed E-state index contributed by atoms with van der Waals surface area (Å²) in [6.07, 6.45) is 0. The number of aliphatic hydroxyl groups excluding tert-OH is 1. The van der Waals surface area contributed by atoms with Gasteiger partial charge in [-0.3, -0.25) is 18.4 Å². The molecule has 0 aromatic rings. The van der Waals surface area contributed by atoms with Crippen molar-refractivity contribution in [2.45, 2.75) is 6.92 Å². The topological polar surface area (TPSA) is 85.3 Å². The number of aliphatic hydroxyl groups is 1. The normalized spacial score (nSPS) is 14.6. The van der Waals surface area contributed by atoms with Gasteiger partial charge in [-0.05, 0) is 7.05 Å². The summed E-state index contributed by atoms with van der Waals surface area (Å²) in [7, 11) is -0.496. The molecule has 7 nitrogen and oxygen atoms in total. The lowest BCUT2D eigenvalue weighted by molar-refractivity contribution is -0.109. The maximum atomic E-state index is 11.9. The van der Waals surface area contributed by atoms with Crippen molar-refractivity contribution in [2.75, 3.05) is 52.8 Å². The predicted molar refractivity (Wildman–Crippen MR) is 74.2 cm³/mol. The van der Waals surface area contributed by atoms with Crippen LogP contribution in [0, 0.1) is 0 Å². The molecule has 0 amide bonds. The average molecular weight is 315 g/mol. The zero-order chi connectivity index (χ0) is 14.7. The molecule has 1 unspecified atom stereocenters. The summed E-state index contributed by atoms with van der Waals surface area (Å²) < 4.78 is 26.8. The Balaban J connectivity index is 3.88. The van der Waals surface area contributed by atoms with Gasteiger partial charge in [0.05, 0.1) is 19.8 Å². The van der Waals surface area contributed by atoms with E-state index in [0.29, 0.717) is 18.8 Å². The Kier molecular flexibility index (Phi) is 10.8. The first-order valence-corrected chi connectivity index (χ1v) is 8.25. The minimum atomic E-state index is -3.55. The van der Waals surface area contributed by atoms with Crippen LogP contribution in [0.25, 0.3) is 0 Å². The fraction of sp³-hybridized carbons (Fsp3) is 0.900. The zero-order valence-electron chi connectivity index (χ0n) is 11.5. The molecule has 19 heavy (non-hydrogen) atoms. The summed E-state index contributed by atoms with van der Waals surface area (Å²) in [5, 5.41) is 8.69. The minimum Gasteiger partial charge on any atom is -0.395 e. The molecule has 0 aliphatic carbocycles. The highest BCUT2D eigenvalue weighted by Crippen LogP contribution is 2.48. The summed E-state index contributed by atoms with van der Waals surface area (Å²) in [6.45, 7) is 2.80. The van der Waals surface area contributed by atoms with E-state index >= 15 is 0 Å². The minimum absolute atomic E-state index is 0.0256. The molecule has 0 aliphatic rings. The number of rotatable bonds is 11. The molecule has 0 saturated carbocycles. The number of phosphoric acid groups is 1. The van der Waals surface area contributed by atoms with Crippen LogP contribution >= 0.6 is 19.6 Å². The molecule has 1 atom stereocenters. The lowest BCUT2D eigenvalue weighted by atomic mass is 10.5. The first kappa shape index (κ1) is 19.1. The molecule has 0 heterocycles. The highest BCUT2D eigenvalue weighted by Gasteiger charge is 2.24. The first-order chi connectivity index (χ1) is 8.93. The van der Waals surface area contributed by atoms with Crippen LogP contribution in [0.15, 0.2) is 0 Å². The maximum absolute atomic E-state index is 11.9. The van der Waals surface area contributed by atoms with Crippen molar-refractivity contribution in [3.63, 3.8) is 0 Å². The molecule has 0 aromatic carbocycles. The number of hydrogen-bond donors (Lipinski definition) is 1. The van der Waals surface area contributed by atoms with E-state index in [4.69, 9.17) is 18.7 Å². The highest BCUT2D eigenvalue weighted by atomic mass is 32.2. The molecule has 114 valence electrons. The lowest BCUT2D eigenvalue weighted by Crippen LogP contribution is -2.26. The summed E-state index contributed by atoms with van der Waals surface area (Å²) in [5.74, 6) is 0.399. The average Bonchev–Trinajstić information content (AvgIpc) is 2.35. The molecule has 0 fully saturated rings. The fourth-order valence-electron chi connectivity index (χ4n) is 1.07. The van der Waals surface area contributed by atoms with Crippen LogP contribution in [-0.2, 0) is 22.9 Å². The van der Waals surface area contributed by atoms with Gasteiger partial charge in [-0.25, -0.2) is 4.57 Å². The van der Waals surface area contributed by atoms with Gasteiger partial charge < -0.3 is 10.0 Å². The van der Waals surface area contributed by atoms with E-state index in [9.17, 15) is 9.36 Å². The molecular weight excluding hydrogens is 293 g/mol. The Hall–Kier alpha value is 0.0500. The Morgan fingerprint density at radius 1 is 1.32 bits per heavy atom. The third-order valence-electron chi connectivity index (χ3n) is 2.07. The standard InChI is InChI=1S/C10H22NO6PS/c1-10(13)19-9-8-17-18(14,15-3)16-7-5-11(2)4-6-12/h12H,4-9H2,1-3H3. The number of carbonyl (C=O) groups excluding carboxylic acids is 1. The molecular formula is C10H22NO6PS. The fourth-order valence-corrected chi connectivity index (χ4v) is 2.55. The van der Waals surface area contributed by atoms with Crippen LogP contribution in [0.3, 0.4) is 0 Å². The van der Waals surface area contributed by atoms with Gasteiger partial charge >= 0.3 is 7.82 Å². The van der Waals surface area contributed by atoms with E-state index in [-0.39, 0.29) is 24.9 Å². The summed E-state index contributed by atoms with van der Waals surface area (Å²) >= 11 is 1.09. The third-order valence-corrected chi connectivity index (χ3v) is 4.29. The molecule has 0 spiro atoms. The van der Waals surface area contributed by atoms with Crippen LogP contribution in [0.5, 0.6) is 0 Å². The lowest BCUT2D eigenvalue weighted by Gasteiger charge is -2.18. The van der Waals surface area contributed by atoms with Gasteiger partial charge in [0.25, 0.3) is 0 Å². The highest BCUT2D eigenvalue weighted by molar-refractivity contribution is 8.13. The van der Waals surface area contributed by atoms with Crippen molar-refractivity contribution >= 4 is 24.7 Å². The number of thioether (sulfide) groups is 1. The van der Waals surface area contributed by atoms with Crippen LogP contribution in [0.2, 0.25) is 0 Å². The SMILES string of the molecule is COP(=O)(OCCSC(C)=O)OCCN(C)CCO. The van der Waals surface area contributed by atoms with Gasteiger partial charge in [0, 0.05) is 32.9 Å². The smallest absolute Gasteiger partial charge is 0.395 e. The molecule has 0 aliphatic heterocycles. The van der Waals surface area contributed by atoms with Crippen molar-refractivity contribution in [3.8, 4) is 0 Å².